The van der Waals surface area contributed by atoms with Crippen molar-refractivity contribution >= 4 is 0 Å². The van der Waals surface area contributed by atoms with E-state index in [9.17, 15) is 25.5 Å². The lowest BCUT2D eigenvalue weighted by Gasteiger charge is -2.44. The molecular formula is C21H36O8. The van der Waals surface area contributed by atoms with E-state index in [4.69, 9.17) is 14.2 Å². The maximum atomic E-state index is 10.2. The highest BCUT2D eigenvalue weighted by Gasteiger charge is 2.49. The van der Waals surface area contributed by atoms with E-state index in [1.165, 1.54) is 6.08 Å². The van der Waals surface area contributed by atoms with Gasteiger partial charge in [0.15, 0.2) is 6.29 Å². The van der Waals surface area contributed by atoms with Gasteiger partial charge in [0.2, 0.25) is 0 Å². The summed E-state index contributed by atoms with van der Waals surface area (Å²) < 4.78 is 17.6. The Labute approximate surface area is 172 Å². The molecule has 8 heteroatoms. The van der Waals surface area contributed by atoms with Crippen molar-refractivity contribution < 1.29 is 39.7 Å². The van der Waals surface area contributed by atoms with E-state index < -0.39 is 54.1 Å². The quantitative estimate of drug-likeness (QED) is 0.360. The molecule has 5 N–H and O–H groups in total. The lowest BCUT2D eigenvalue weighted by atomic mass is 9.94. The first-order valence-electron chi connectivity index (χ1n) is 10.0. The largest absolute Gasteiger partial charge is 0.394 e. The predicted molar refractivity (Wildman–Crippen MR) is 106 cm³/mol. The van der Waals surface area contributed by atoms with Gasteiger partial charge in [0.05, 0.1) is 29.5 Å². The fraction of sp³-hybridized carbons (Fsp3) is 0.810. The summed E-state index contributed by atoms with van der Waals surface area (Å²) in [6.07, 6.45) is 0.225. The monoisotopic (exact) mass is 416 g/mol. The fourth-order valence-corrected chi connectivity index (χ4v) is 3.64. The van der Waals surface area contributed by atoms with E-state index in [-0.39, 0.29) is 6.10 Å². The van der Waals surface area contributed by atoms with Crippen molar-refractivity contribution in [1.29, 1.82) is 0 Å². The van der Waals surface area contributed by atoms with E-state index in [1.54, 1.807) is 20.8 Å². The van der Waals surface area contributed by atoms with E-state index >= 15 is 0 Å². The third-order valence-corrected chi connectivity index (χ3v) is 5.80. The van der Waals surface area contributed by atoms with E-state index in [0.717, 1.165) is 6.42 Å². The molecule has 0 aromatic carbocycles. The third-order valence-electron chi connectivity index (χ3n) is 5.80. The van der Waals surface area contributed by atoms with Gasteiger partial charge in [-0.3, -0.25) is 0 Å². The molecule has 8 nitrogen and oxygen atoms in total. The number of aliphatic hydroxyl groups is 5. The highest BCUT2D eigenvalue weighted by Crippen LogP contribution is 2.39. The van der Waals surface area contributed by atoms with E-state index in [0.29, 0.717) is 12.8 Å². The molecule has 0 amide bonds. The summed E-state index contributed by atoms with van der Waals surface area (Å²) >= 11 is 0. The van der Waals surface area contributed by atoms with Crippen LogP contribution in [0.1, 0.15) is 47.0 Å². The first kappa shape index (κ1) is 24.4. The van der Waals surface area contributed by atoms with Gasteiger partial charge in [0, 0.05) is 0 Å². The smallest absolute Gasteiger partial charge is 0.187 e. The molecule has 2 saturated heterocycles. The van der Waals surface area contributed by atoms with Crippen LogP contribution in [0.2, 0.25) is 0 Å². The minimum atomic E-state index is -1.49. The molecule has 0 aromatic rings. The molecule has 2 rings (SSSR count). The van der Waals surface area contributed by atoms with Crippen LogP contribution >= 0.6 is 0 Å². The molecule has 0 saturated carbocycles. The normalized spacial score (nSPS) is 40.9. The van der Waals surface area contributed by atoms with Gasteiger partial charge in [-0.25, -0.2) is 0 Å². The summed E-state index contributed by atoms with van der Waals surface area (Å²) in [4.78, 5) is 0. The lowest BCUT2D eigenvalue weighted by molar-refractivity contribution is -0.332. The highest BCUT2D eigenvalue weighted by molar-refractivity contribution is 5.08. The van der Waals surface area contributed by atoms with Gasteiger partial charge in [-0.15, -0.1) is 6.58 Å². The first-order valence-corrected chi connectivity index (χ1v) is 10.0. The summed E-state index contributed by atoms with van der Waals surface area (Å²) in [5.41, 5.74) is -2.37. The average molecular weight is 417 g/mol. The molecule has 2 aliphatic heterocycles. The van der Waals surface area contributed by atoms with Gasteiger partial charge in [-0.2, -0.15) is 0 Å². The van der Waals surface area contributed by atoms with Crippen LogP contribution in [0.15, 0.2) is 24.8 Å². The second kappa shape index (κ2) is 9.11. The van der Waals surface area contributed by atoms with E-state index in [2.05, 4.69) is 6.58 Å². The molecule has 2 fully saturated rings. The average Bonchev–Trinajstić information content (AvgIpc) is 3.05. The number of hydrogen-bond donors (Lipinski definition) is 5. The van der Waals surface area contributed by atoms with Crippen LogP contribution in [0, 0.1) is 0 Å². The minimum absolute atomic E-state index is 0.315. The van der Waals surface area contributed by atoms with Crippen molar-refractivity contribution in [2.45, 2.75) is 101 Å². The predicted octanol–water partition coefficient (Wildman–Crippen LogP) is 0.402. The van der Waals surface area contributed by atoms with Crippen LogP contribution in [0.5, 0.6) is 0 Å². The maximum absolute atomic E-state index is 10.2. The molecule has 29 heavy (non-hydrogen) atoms. The Kier molecular flexibility index (Phi) is 7.68. The number of hydrogen-bond acceptors (Lipinski definition) is 8. The van der Waals surface area contributed by atoms with Gasteiger partial charge in [-0.05, 0) is 47.0 Å². The molecule has 2 heterocycles. The fourth-order valence-electron chi connectivity index (χ4n) is 3.64. The Balaban J connectivity index is 2.01. The molecule has 168 valence electrons. The van der Waals surface area contributed by atoms with Crippen LogP contribution in [-0.4, -0.2) is 85.8 Å². The Morgan fingerprint density at radius 2 is 1.83 bits per heavy atom. The topological polar surface area (TPSA) is 129 Å². The lowest BCUT2D eigenvalue weighted by Crippen LogP contribution is -2.61. The van der Waals surface area contributed by atoms with Crippen molar-refractivity contribution in [2.24, 2.45) is 0 Å². The summed E-state index contributed by atoms with van der Waals surface area (Å²) in [5.74, 6) is 0. The van der Waals surface area contributed by atoms with Crippen molar-refractivity contribution in [2.75, 3.05) is 6.61 Å². The second-order valence-corrected chi connectivity index (χ2v) is 9.04. The van der Waals surface area contributed by atoms with E-state index in [1.807, 2.05) is 19.1 Å². The summed E-state index contributed by atoms with van der Waals surface area (Å²) in [6.45, 7) is 10.3. The second-order valence-electron chi connectivity index (χ2n) is 9.04. The number of ether oxygens (including phenoxy) is 3. The SMILES string of the molecule is C=C[C@@](C)(O)C/C=C\[C@@]1(C)CC[C@@H](C(C)(C)O[C@@H]2O[C@H](CO)[C@@H](O)[C@H](O)[C@H]2O)O1. The highest BCUT2D eigenvalue weighted by atomic mass is 16.7. The van der Waals surface area contributed by atoms with Crippen molar-refractivity contribution in [1.82, 2.24) is 0 Å². The van der Waals surface area contributed by atoms with Gasteiger partial charge >= 0.3 is 0 Å². The molecule has 8 atom stereocenters. The van der Waals surface area contributed by atoms with Crippen LogP contribution in [0.4, 0.5) is 0 Å². The molecular weight excluding hydrogens is 380 g/mol. The van der Waals surface area contributed by atoms with Crippen molar-refractivity contribution in [3.8, 4) is 0 Å². The van der Waals surface area contributed by atoms with Gasteiger partial charge < -0.3 is 39.7 Å². The molecule has 0 unspecified atom stereocenters. The standard InChI is InChI=1S/C21H36O8/c1-6-20(4,26)9-7-10-21(5)11-8-14(28-21)19(2,3)29-18-17(25)16(24)15(23)13(12-22)27-18/h6-7,10,13-18,22-26H,1,8-9,11-12H2,2-5H3/b10-7-/t13-,14+,15-,16+,17-,18+,20-,21+/m1/s1. The van der Waals surface area contributed by atoms with Crippen LogP contribution in [0.25, 0.3) is 0 Å². The summed E-state index contributed by atoms with van der Waals surface area (Å²) in [6, 6.07) is 0. The Hall–Kier alpha value is -0.840. The number of rotatable bonds is 8. The Morgan fingerprint density at radius 3 is 2.41 bits per heavy atom. The maximum Gasteiger partial charge on any atom is 0.187 e. The van der Waals surface area contributed by atoms with Gasteiger partial charge in [0.1, 0.15) is 24.4 Å². The van der Waals surface area contributed by atoms with Crippen LogP contribution in [-0.2, 0) is 14.2 Å². The van der Waals surface area contributed by atoms with Crippen LogP contribution in [0.3, 0.4) is 0 Å². The van der Waals surface area contributed by atoms with Crippen molar-refractivity contribution in [3.05, 3.63) is 24.8 Å². The van der Waals surface area contributed by atoms with Gasteiger partial charge in [0.25, 0.3) is 0 Å². The van der Waals surface area contributed by atoms with Crippen molar-refractivity contribution in [3.63, 3.8) is 0 Å². The molecule has 0 aliphatic carbocycles. The number of aliphatic hydroxyl groups excluding tert-OH is 4. The molecule has 0 bridgehead atoms. The molecule has 2 aliphatic rings. The summed E-state index contributed by atoms with van der Waals surface area (Å²) in [7, 11) is 0. The Bertz CT molecular complexity index is 587. The zero-order valence-electron chi connectivity index (χ0n) is 17.7. The molecule has 0 aromatic heterocycles. The zero-order valence-corrected chi connectivity index (χ0v) is 17.7. The summed E-state index contributed by atoms with van der Waals surface area (Å²) in [5, 5.41) is 49.4. The van der Waals surface area contributed by atoms with Gasteiger partial charge in [-0.1, -0.05) is 18.2 Å². The zero-order chi connectivity index (χ0) is 22.0. The first-order chi connectivity index (χ1) is 13.3. The molecule has 0 spiro atoms. The minimum Gasteiger partial charge on any atom is -0.394 e. The Morgan fingerprint density at radius 1 is 1.17 bits per heavy atom. The van der Waals surface area contributed by atoms with Crippen LogP contribution < -0.4 is 0 Å². The molecule has 0 radical (unpaired) electrons. The third kappa shape index (κ3) is 5.86.